The monoisotopic (exact) mass is 343 g/mol. The van der Waals surface area contributed by atoms with Gasteiger partial charge in [0.05, 0.1) is 0 Å². The second-order valence-corrected chi connectivity index (χ2v) is 9.02. The Kier molecular flexibility index (Phi) is 5.28. The summed E-state index contributed by atoms with van der Waals surface area (Å²) in [4.78, 5) is 11.0. The zero-order valence-corrected chi connectivity index (χ0v) is 15.4. The third-order valence-corrected chi connectivity index (χ3v) is 7.57. The van der Waals surface area contributed by atoms with Crippen LogP contribution in [0.1, 0.15) is 77.0 Å². The van der Waals surface area contributed by atoms with Crippen molar-refractivity contribution in [3.8, 4) is 0 Å². The molecule has 0 saturated heterocycles. The van der Waals surface area contributed by atoms with Gasteiger partial charge in [0, 0.05) is 17.8 Å². The second kappa shape index (κ2) is 7.63. The number of allylic oxidation sites excluding steroid dienone is 4. The van der Waals surface area contributed by atoms with Gasteiger partial charge < -0.3 is 0 Å². The molecule has 0 amide bonds. The molecule has 0 aromatic rings. The van der Waals surface area contributed by atoms with E-state index in [1.807, 2.05) is 0 Å². The van der Waals surface area contributed by atoms with Gasteiger partial charge in [-0.3, -0.25) is 10.1 Å². The topological polar surface area (TPSA) is 43.1 Å². The SMILES string of the molecule is O=[N+]([O-])C1CCC(C=C2C3CCCCC3C=CC3CCCCC23)CC1. The van der Waals surface area contributed by atoms with Gasteiger partial charge >= 0.3 is 0 Å². The Hall–Kier alpha value is -1.12. The standard InChI is InChI=1S/C22H33NO2/c24-23(25)19-13-9-16(10-14-19)15-22-20-7-3-1-5-17(20)11-12-18-6-2-4-8-21(18)22/h11-12,15-21H,1-10,13-14H2. The highest BCUT2D eigenvalue weighted by atomic mass is 16.6. The molecule has 4 unspecified atom stereocenters. The molecule has 138 valence electrons. The fourth-order valence-corrected chi connectivity index (χ4v) is 6.17. The Bertz CT molecular complexity index is 516. The Balaban J connectivity index is 1.56. The summed E-state index contributed by atoms with van der Waals surface area (Å²) < 4.78 is 0. The molecule has 4 aliphatic rings. The fourth-order valence-electron chi connectivity index (χ4n) is 6.17. The number of fused-ring (bicyclic) bond motifs is 2. The average molecular weight is 344 g/mol. The molecule has 0 heterocycles. The zero-order chi connectivity index (χ0) is 17.2. The highest BCUT2D eigenvalue weighted by molar-refractivity contribution is 5.23. The first-order chi connectivity index (χ1) is 12.2. The van der Waals surface area contributed by atoms with Gasteiger partial charge in [0.1, 0.15) is 0 Å². The third-order valence-electron chi connectivity index (χ3n) is 7.57. The van der Waals surface area contributed by atoms with Crippen LogP contribution in [0.3, 0.4) is 0 Å². The van der Waals surface area contributed by atoms with Crippen LogP contribution in [0.5, 0.6) is 0 Å². The van der Waals surface area contributed by atoms with Crippen molar-refractivity contribution in [2.75, 3.05) is 0 Å². The first-order valence-electron chi connectivity index (χ1n) is 10.8. The molecule has 0 aromatic heterocycles. The molecule has 0 N–H and O–H groups in total. The maximum Gasteiger partial charge on any atom is 0.213 e. The third kappa shape index (κ3) is 3.71. The predicted octanol–water partition coefficient (Wildman–Crippen LogP) is 5.93. The minimum absolute atomic E-state index is 0.0483. The van der Waals surface area contributed by atoms with Gasteiger partial charge in [0.25, 0.3) is 0 Å². The van der Waals surface area contributed by atoms with Crippen LogP contribution in [0.15, 0.2) is 23.8 Å². The molecule has 4 atom stereocenters. The van der Waals surface area contributed by atoms with Crippen LogP contribution in [0, 0.1) is 39.7 Å². The minimum atomic E-state index is -0.282. The van der Waals surface area contributed by atoms with E-state index in [9.17, 15) is 10.1 Å². The van der Waals surface area contributed by atoms with Crippen molar-refractivity contribution in [1.29, 1.82) is 0 Å². The van der Waals surface area contributed by atoms with E-state index >= 15 is 0 Å². The van der Waals surface area contributed by atoms with E-state index in [4.69, 9.17) is 0 Å². The number of rotatable bonds is 2. The summed E-state index contributed by atoms with van der Waals surface area (Å²) in [6, 6.07) is -0.282. The minimum Gasteiger partial charge on any atom is -0.264 e. The first kappa shape index (κ1) is 17.3. The Morgan fingerprint density at radius 3 is 1.84 bits per heavy atom. The molecular weight excluding hydrogens is 310 g/mol. The molecule has 3 nitrogen and oxygen atoms in total. The van der Waals surface area contributed by atoms with Crippen molar-refractivity contribution in [3.63, 3.8) is 0 Å². The van der Waals surface area contributed by atoms with E-state index in [1.165, 1.54) is 51.4 Å². The Labute approximate surface area is 152 Å². The Morgan fingerprint density at radius 1 is 0.800 bits per heavy atom. The molecule has 4 aliphatic carbocycles. The summed E-state index contributed by atoms with van der Waals surface area (Å²) in [6.07, 6.45) is 22.4. The highest BCUT2D eigenvalue weighted by Gasteiger charge is 2.38. The molecular formula is C22H33NO2. The molecule has 0 aromatic carbocycles. The lowest BCUT2D eigenvalue weighted by atomic mass is 9.67. The van der Waals surface area contributed by atoms with Crippen molar-refractivity contribution in [2.45, 2.75) is 83.1 Å². The van der Waals surface area contributed by atoms with Crippen LogP contribution in [-0.2, 0) is 0 Å². The first-order valence-corrected chi connectivity index (χ1v) is 10.8. The van der Waals surface area contributed by atoms with E-state index in [2.05, 4.69) is 18.2 Å². The summed E-state index contributed by atoms with van der Waals surface area (Å²) in [5.74, 6) is 3.66. The van der Waals surface area contributed by atoms with Gasteiger partial charge in [0.15, 0.2) is 0 Å². The van der Waals surface area contributed by atoms with E-state index < -0.39 is 0 Å². The molecule has 3 saturated carbocycles. The van der Waals surface area contributed by atoms with Gasteiger partial charge in [-0.1, -0.05) is 49.5 Å². The summed E-state index contributed by atoms with van der Waals surface area (Å²) >= 11 is 0. The number of nitrogens with zero attached hydrogens (tertiary/aromatic N) is 1. The van der Waals surface area contributed by atoms with E-state index in [1.54, 1.807) is 5.57 Å². The largest absolute Gasteiger partial charge is 0.264 e. The number of nitro groups is 1. The van der Waals surface area contributed by atoms with Crippen molar-refractivity contribution >= 4 is 0 Å². The molecule has 25 heavy (non-hydrogen) atoms. The van der Waals surface area contributed by atoms with Crippen molar-refractivity contribution < 1.29 is 4.92 Å². The van der Waals surface area contributed by atoms with Crippen LogP contribution >= 0.6 is 0 Å². The second-order valence-electron chi connectivity index (χ2n) is 9.02. The quantitative estimate of drug-likeness (QED) is 0.354. The molecule has 3 heteroatoms. The molecule has 4 rings (SSSR count). The van der Waals surface area contributed by atoms with Gasteiger partial charge in [-0.15, -0.1) is 0 Å². The van der Waals surface area contributed by atoms with Crippen LogP contribution in [-0.4, -0.2) is 11.0 Å². The summed E-state index contributed by atoms with van der Waals surface area (Å²) in [6.45, 7) is 0. The fraction of sp³-hybridized carbons (Fsp3) is 0.818. The van der Waals surface area contributed by atoms with E-state index in [0.29, 0.717) is 5.92 Å². The molecule has 0 bridgehead atoms. The maximum atomic E-state index is 11.1. The lowest BCUT2D eigenvalue weighted by molar-refractivity contribution is -0.526. The lowest BCUT2D eigenvalue weighted by Gasteiger charge is -2.38. The molecule has 0 radical (unpaired) electrons. The van der Waals surface area contributed by atoms with Crippen LogP contribution in [0.4, 0.5) is 0 Å². The summed E-state index contributed by atoms with van der Waals surface area (Å²) in [5, 5.41) is 11.1. The normalized spacial score (nSPS) is 41.4. The summed E-state index contributed by atoms with van der Waals surface area (Å²) in [7, 11) is 0. The maximum absolute atomic E-state index is 11.1. The number of hydrogen-bond acceptors (Lipinski definition) is 2. The van der Waals surface area contributed by atoms with Crippen molar-refractivity contribution in [1.82, 2.24) is 0 Å². The highest BCUT2D eigenvalue weighted by Crippen LogP contribution is 2.48. The van der Waals surface area contributed by atoms with Gasteiger partial charge in [-0.2, -0.15) is 0 Å². The Morgan fingerprint density at radius 2 is 1.32 bits per heavy atom. The average Bonchev–Trinajstić information content (AvgIpc) is 2.80. The molecule has 0 aliphatic heterocycles. The van der Waals surface area contributed by atoms with Crippen molar-refractivity contribution in [3.05, 3.63) is 33.9 Å². The van der Waals surface area contributed by atoms with Crippen molar-refractivity contribution in [2.24, 2.45) is 29.6 Å². The lowest BCUT2D eigenvalue weighted by Crippen LogP contribution is -2.29. The smallest absolute Gasteiger partial charge is 0.213 e. The predicted molar refractivity (Wildman–Crippen MR) is 101 cm³/mol. The summed E-state index contributed by atoms with van der Waals surface area (Å²) in [5.41, 5.74) is 1.78. The number of hydrogen-bond donors (Lipinski definition) is 0. The zero-order valence-electron chi connectivity index (χ0n) is 15.4. The molecule has 0 spiro atoms. The molecule has 3 fully saturated rings. The van der Waals surface area contributed by atoms with E-state index in [0.717, 1.165) is 49.4 Å². The van der Waals surface area contributed by atoms with Gasteiger partial charge in [-0.25, -0.2) is 0 Å². The van der Waals surface area contributed by atoms with Crippen LogP contribution in [0.2, 0.25) is 0 Å². The van der Waals surface area contributed by atoms with Gasteiger partial charge in [0.2, 0.25) is 6.04 Å². The van der Waals surface area contributed by atoms with Crippen LogP contribution in [0.25, 0.3) is 0 Å². The van der Waals surface area contributed by atoms with Gasteiger partial charge in [-0.05, 0) is 68.1 Å². The van der Waals surface area contributed by atoms with Crippen LogP contribution < -0.4 is 0 Å². The van der Waals surface area contributed by atoms with E-state index in [-0.39, 0.29) is 11.0 Å².